The smallest absolute Gasteiger partial charge is 0.294 e. The lowest BCUT2D eigenvalue weighted by Crippen LogP contribution is -2.16. The number of nitrogens with two attached hydrogens (primary N) is 1. The van der Waals surface area contributed by atoms with E-state index in [4.69, 9.17) is 22.1 Å². The zero-order chi connectivity index (χ0) is 12.4. The lowest BCUT2D eigenvalue weighted by atomic mass is 10.3. The third-order valence-corrected chi connectivity index (χ3v) is 2.71. The Hall–Kier alpha value is -1.72. The van der Waals surface area contributed by atoms with Crippen molar-refractivity contribution in [2.75, 3.05) is 12.8 Å². The van der Waals surface area contributed by atoms with Crippen LogP contribution in [0.2, 0.25) is 5.02 Å². The lowest BCUT2D eigenvalue weighted by molar-refractivity contribution is 0.181. The van der Waals surface area contributed by atoms with Crippen molar-refractivity contribution in [1.82, 2.24) is 9.78 Å². The van der Waals surface area contributed by atoms with Crippen LogP contribution in [0.1, 0.15) is 5.69 Å². The monoisotopic (exact) mass is 253 g/mol. The van der Waals surface area contributed by atoms with Gasteiger partial charge >= 0.3 is 0 Å². The van der Waals surface area contributed by atoms with Gasteiger partial charge in [0.1, 0.15) is 5.69 Å². The first-order chi connectivity index (χ1) is 8.15. The highest BCUT2D eigenvalue weighted by Crippen LogP contribution is 2.18. The van der Waals surface area contributed by atoms with Gasteiger partial charge in [0, 0.05) is 7.11 Å². The van der Waals surface area contributed by atoms with Crippen LogP contribution in [0.4, 0.5) is 5.69 Å². The van der Waals surface area contributed by atoms with Gasteiger partial charge in [0.05, 0.1) is 23.0 Å². The molecular formula is C11H12ClN3O2. The highest BCUT2D eigenvalue weighted by atomic mass is 35.5. The first-order valence-electron chi connectivity index (χ1n) is 4.98. The van der Waals surface area contributed by atoms with Gasteiger partial charge in [0.2, 0.25) is 0 Å². The normalized spacial score (nSPS) is 10.7. The quantitative estimate of drug-likeness (QED) is 0.872. The van der Waals surface area contributed by atoms with Crippen LogP contribution in [0.3, 0.4) is 0 Å². The molecule has 0 radical (unpaired) electrons. The van der Waals surface area contributed by atoms with E-state index in [0.29, 0.717) is 16.4 Å². The molecule has 0 bridgehead atoms. The molecule has 2 aromatic rings. The number of aromatic amines is 1. The molecule has 2 rings (SSSR count). The van der Waals surface area contributed by atoms with Gasteiger partial charge in [-0.15, -0.1) is 0 Å². The van der Waals surface area contributed by atoms with E-state index in [1.54, 1.807) is 24.3 Å². The molecule has 0 spiro atoms. The summed E-state index contributed by atoms with van der Waals surface area (Å²) in [7, 11) is 1.53. The van der Waals surface area contributed by atoms with Crippen LogP contribution < -0.4 is 11.3 Å². The average Bonchev–Trinajstić information content (AvgIpc) is 2.59. The fourth-order valence-electron chi connectivity index (χ4n) is 1.55. The molecule has 5 nitrogen and oxygen atoms in total. The molecule has 6 heteroatoms. The molecule has 0 amide bonds. The van der Waals surface area contributed by atoms with Crippen LogP contribution in [-0.2, 0) is 11.3 Å². The van der Waals surface area contributed by atoms with Gasteiger partial charge in [-0.3, -0.25) is 9.89 Å². The fourth-order valence-corrected chi connectivity index (χ4v) is 1.77. The minimum Gasteiger partial charge on any atom is -0.393 e. The molecule has 0 aliphatic heterocycles. The zero-order valence-electron chi connectivity index (χ0n) is 9.24. The molecule has 0 unspecified atom stereocenters. The number of hydrogen-bond donors (Lipinski definition) is 2. The molecule has 1 heterocycles. The third kappa shape index (κ3) is 2.07. The third-order valence-electron chi connectivity index (χ3n) is 2.39. The van der Waals surface area contributed by atoms with E-state index in [1.807, 2.05) is 0 Å². The van der Waals surface area contributed by atoms with Gasteiger partial charge in [-0.1, -0.05) is 23.7 Å². The molecule has 0 aliphatic rings. The van der Waals surface area contributed by atoms with Crippen LogP contribution in [0.25, 0.3) is 5.69 Å². The molecular weight excluding hydrogens is 242 g/mol. The van der Waals surface area contributed by atoms with Gasteiger partial charge < -0.3 is 10.5 Å². The van der Waals surface area contributed by atoms with Crippen molar-refractivity contribution in [3.05, 3.63) is 45.3 Å². The molecule has 0 aliphatic carbocycles. The minimum atomic E-state index is -0.329. The maximum Gasteiger partial charge on any atom is 0.294 e. The summed E-state index contributed by atoms with van der Waals surface area (Å²) in [5.74, 6) is 0. The molecule has 1 aromatic heterocycles. The van der Waals surface area contributed by atoms with Crippen molar-refractivity contribution in [3.8, 4) is 5.69 Å². The number of nitrogen functional groups attached to an aromatic ring is 1. The Morgan fingerprint density at radius 3 is 2.82 bits per heavy atom. The maximum absolute atomic E-state index is 11.9. The number of nitrogens with zero attached hydrogens (tertiary/aromatic N) is 1. The molecule has 0 saturated heterocycles. The summed E-state index contributed by atoms with van der Waals surface area (Å²) >= 11 is 6.02. The van der Waals surface area contributed by atoms with Crippen molar-refractivity contribution >= 4 is 17.3 Å². The number of rotatable bonds is 3. The number of methoxy groups -OCH3 is 1. The number of nitrogens with one attached hydrogen (secondary N) is 1. The van der Waals surface area contributed by atoms with E-state index in [1.165, 1.54) is 11.8 Å². The summed E-state index contributed by atoms with van der Waals surface area (Å²) in [6.45, 7) is 0.249. The maximum atomic E-state index is 11.9. The largest absolute Gasteiger partial charge is 0.393 e. The van der Waals surface area contributed by atoms with Crippen LogP contribution in [0.5, 0.6) is 0 Å². The van der Waals surface area contributed by atoms with Gasteiger partial charge in [-0.25, -0.2) is 4.68 Å². The van der Waals surface area contributed by atoms with Gasteiger partial charge in [-0.05, 0) is 12.1 Å². The molecule has 0 atom stereocenters. The zero-order valence-corrected chi connectivity index (χ0v) is 9.99. The SMILES string of the molecule is COCc1[nH]n(-c2ccccc2Cl)c(=O)c1N. The van der Waals surface area contributed by atoms with Crippen LogP contribution in [0, 0.1) is 0 Å². The van der Waals surface area contributed by atoms with Crippen molar-refractivity contribution in [2.24, 2.45) is 0 Å². The van der Waals surface area contributed by atoms with Crippen LogP contribution >= 0.6 is 11.6 Å². The summed E-state index contributed by atoms with van der Waals surface area (Å²) in [6.07, 6.45) is 0. The minimum absolute atomic E-state index is 0.145. The Morgan fingerprint density at radius 1 is 1.47 bits per heavy atom. The van der Waals surface area contributed by atoms with Crippen molar-refractivity contribution in [2.45, 2.75) is 6.61 Å². The Kier molecular flexibility index (Phi) is 3.21. The number of halogens is 1. The molecule has 0 saturated carbocycles. The summed E-state index contributed by atoms with van der Waals surface area (Å²) in [4.78, 5) is 11.9. The fraction of sp³-hybridized carbons (Fsp3) is 0.182. The van der Waals surface area contributed by atoms with Crippen molar-refractivity contribution in [1.29, 1.82) is 0 Å². The predicted octanol–water partition coefficient (Wildman–Crippen LogP) is 1.55. The second kappa shape index (κ2) is 4.65. The Morgan fingerprint density at radius 2 is 2.18 bits per heavy atom. The highest BCUT2D eigenvalue weighted by molar-refractivity contribution is 6.32. The summed E-state index contributed by atoms with van der Waals surface area (Å²) in [6, 6.07) is 7.02. The first kappa shape index (κ1) is 11.8. The summed E-state index contributed by atoms with van der Waals surface area (Å²) < 4.78 is 6.26. The number of benzene rings is 1. The highest BCUT2D eigenvalue weighted by Gasteiger charge is 2.13. The van der Waals surface area contributed by atoms with Gasteiger partial charge in [-0.2, -0.15) is 0 Å². The number of aromatic nitrogens is 2. The predicted molar refractivity (Wildman–Crippen MR) is 66.5 cm³/mol. The van der Waals surface area contributed by atoms with Crippen molar-refractivity contribution in [3.63, 3.8) is 0 Å². The Bertz CT molecular complexity index is 589. The number of H-pyrrole nitrogens is 1. The van der Waals surface area contributed by atoms with E-state index >= 15 is 0 Å². The standard InChI is InChI=1S/C11H12ClN3O2/c1-17-6-8-10(13)11(16)15(14-8)9-5-3-2-4-7(9)12/h2-5,14H,6,13H2,1H3. The number of ether oxygens (including phenoxy) is 1. The lowest BCUT2D eigenvalue weighted by Gasteiger charge is -2.03. The number of anilines is 1. The molecule has 0 fully saturated rings. The second-order valence-electron chi connectivity index (χ2n) is 3.53. The second-order valence-corrected chi connectivity index (χ2v) is 3.94. The van der Waals surface area contributed by atoms with Crippen LogP contribution in [0.15, 0.2) is 29.1 Å². The van der Waals surface area contributed by atoms with Gasteiger partial charge in [0.15, 0.2) is 0 Å². The van der Waals surface area contributed by atoms with E-state index in [9.17, 15) is 4.79 Å². The number of hydrogen-bond acceptors (Lipinski definition) is 3. The van der Waals surface area contributed by atoms with E-state index in [0.717, 1.165) is 0 Å². The topological polar surface area (TPSA) is 73.0 Å². The Balaban J connectivity index is 2.58. The van der Waals surface area contributed by atoms with Gasteiger partial charge in [0.25, 0.3) is 5.56 Å². The average molecular weight is 254 g/mol. The first-order valence-corrected chi connectivity index (χ1v) is 5.36. The molecule has 1 aromatic carbocycles. The van der Waals surface area contributed by atoms with Crippen molar-refractivity contribution < 1.29 is 4.74 Å². The number of para-hydroxylation sites is 1. The van der Waals surface area contributed by atoms with E-state index in [2.05, 4.69) is 5.10 Å². The Labute approximate surface area is 103 Å². The van der Waals surface area contributed by atoms with Crippen LogP contribution in [-0.4, -0.2) is 16.9 Å². The summed E-state index contributed by atoms with van der Waals surface area (Å²) in [5.41, 5.74) is 6.61. The summed E-state index contributed by atoms with van der Waals surface area (Å²) in [5, 5.41) is 3.35. The molecule has 90 valence electrons. The molecule has 3 N–H and O–H groups in total. The molecule has 17 heavy (non-hydrogen) atoms. The van der Waals surface area contributed by atoms with E-state index in [-0.39, 0.29) is 17.9 Å². The van der Waals surface area contributed by atoms with E-state index < -0.39 is 0 Å².